The minimum absolute atomic E-state index is 0.0146. The van der Waals surface area contributed by atoms with Crippen molar-refractivity contribution in [1.29, 1.82) is 0 Å². The largest absolute Gasteiger partial charge is 0.240 e. The average molecular weight is 430 g/mol. The molecule has 0 unspecified atom stereocenters. The first-order valence-corrected chi connectivity index (χ1v) is 12.3. The Morgan fingerprint density at radius 3 is 2.70 bits per heavy atom. The van der Waals surface area contributed by atoms with E-state index >= 15 is 0 Å². The minimum Gasteiger partial charge on any atom is -0.207 e. The van der Waals surface area contributed by atoms with Gasteiger partial charge in [-0.15, -0.1) is 10.2 Å². The van der Waals surface area contributed by atoms with Gasteiger partial charge in [-0.25, -0.2) is 13.1 Å². The van der Waals surface area contributed by atoms with E-state index < -0.39 is 10.0 Å². The molecule has 2 aromatic rings. The Bertz CT molecular complexity index is 957. The van der Waals surface area contributed by atoms with E-state index in [0.29, 0.717) is 22.6 Å². The monoisotopic (exact) mass is 429 g/mol. The van der Waals surface area contributed by atoms with Crippen molar-refractivity contribution in [1.82, 2.24) is 25.3 Å². The van der Waals surface area contributed by atoms with Gasteiger partial charge in [0.05, 0.1) is 4.90 Å². The number of H-pyrrole nitrogens is 1. The summed E-state index contributed by atoms with van der Waals surface area (Å²) in [6, 6.07) is 8.70. The highest BCUT2D eigenvalue weighted by Gasteiger charge is 2.58. The number of rotatable bonds is 9. The van der Waals surface area contributed by atoms with Crippen LogP contribution in [0.25, 0.3) is 0 Å². The van der Waals surface area contributed by atoms with Crippen molar-refractivity contribution >= 4 is 10.0 Å². The first-order chi connectivity index (χ1) is 14.4. The van der Waals surface area contributed by atoms with Crippen LogP contribution in [0.4, 0.5) is 0 Å². The van der Waals surface area contributed by atoms with Crippen LogP contribution in [0.15, 0.2) is 47.4 Å². The van der Waals surface area contributed by atoms with Crippen LogP contribution in [0, 0.1) is 23.2 Å². The summed E-state index contributed by atoms with van der Waals surface area (Å²) in [6.45, 7) is 4.58. The maximum absolute atomic E-state index is 13.0. The summed E-state index contributed by atoms with van der Waals surface area (Å²) in [5.41, 5.74) is 0.203. The third kappa shape index (κ3) is 4.34. The summed E-state index contributed by atoms with van der Waals surface area (Å²) in [6.07, 6.45) is 10.3. The van der Waals surface area contributed by atoms with Gasteiger partial charge in [-0.1, -0.05) is 49.4 Å². The lowest BCUT2D eigenvalue weighted by molar-refractivity contribution is -0.108. The van der Waals surface area contributed by atoms with Gasteiger partial charge in [-0.2, -0.15) is 5.21 Å². The molecule has 3 aliphatic rings. The highest BCUT2D eigenvalue weighted by molar-refractivity contribution is 7.89. The molecule has 5 rings (SSSR count). The molecule has 30 heavy (non-hydrogen) atoms. The van der Waals surface area contributed by atoms with Crippen LogP contribution in [-0.4, -0.2) is 35.1 Å². The maximum Gasteiger partial charge on any atom is 0.240 e. The number of aromatic nitrogens is 4. The van der Waals surface area contributed by atoms with Gasteiger partial charge < -0.3 is 0 Å². The molecule has 3 fully saturated rings. The molecule has 0 spiro atoms. The molecule has 0 amide bonds. The van der Waals surface area contributed by atoms with Crippen LogP contribution in [-0.2, 0) is 16.4 Å². The molecule has 1 heterocycles. The molecule has 0 saturated heterocycles. The molecule has 2 bridgehead atoms. The van der Waals surface area contributed by atoms with E-state index in [1.165, 1.54) is 0 Å². The lowest BCUT2D eigenvalue weighted by atomic mass is 9.45. The zero-order valence-corrected chi connectivity index (χ0v) is 18.5. The maximum atomic E-state index is 13.0. The van der Waals surface area contributed by atoms with Crippen molar-refractivity contribution in [3.8, 4) is 0 Å². The lowest BCUT2D eigenvalue weighted by Gasteiger charge is -2.62. The molecule has 4 atom stereocenters. The van der Waals surface area contributed by atoms with Gasteiger partial charge in [0.15, 0.2) is 5.82 Å². The molecule has 0 radical (unpaired) electrons. The van der Waals surface area contributed by atoms with Gasteiger partial charge >= 0.3 is 0 Å². The highest BCUT2D eigenvalue weighted by Crippen LogP contribution is 2.61. The first-order valence-electron chi connectivity index (χ1n) is 10.8. The van der Waals surface area contributed by atoms with Crippen LogP contribution in [0.1, 0.15) is 51.8 Å². The average Bonchev–Trinajstić information content (AvgIpc) is 3.25. The summed E-state index contributed by atoms with van der Waals surface area (Å²) in [7, 11) is -3.51. The number of fused-ring (bicyclic) bond motifs is 2. The SMILES string of the molecule is CC1(C)[C@H]2C[C@H](C/C=C\CCCc3nn[nH]n3)[C@@H](NS(=O)(=O)c3ccccc3)[C@H]1C2. The topological polar surface area (TPSA) is 101 Å². The number of aromatic amines is 1. The minimum atomic E-state index is -3.51. The third-order valence-corrected chi connectivity index (χ3v) is 8.66. The van der Waals surface area contributed by atoms with E-state index in [4.69, 9.17) is 0 Å². The van der Waals surface area contributed by atoms with Crippen LogP contribution >= 0.6 is 0 Å². The van der Waals surface area contributed by atoms with Crippen molar-refractivity contribution in [2.75, 3.05) is 0 Å². The van der Waals surface area contributed by atoms with Gasteiger partial charge in [0.25, 0.3) is 0 Å². The number of hydrogen-bond acceptors (Lipinski definition) is 5. The summed E-state index contributed by atoms with van der Waals surface area (Å²) in [4.78, 5) is 0.347. The van der Waals surface area contributed by atoms with Crippen molar-refractivity contribution in [2.24, 2.45) is 23.2 Å². The van der Waals surface area contributed by atoms with E-state index in [1.54, 1.807) is 24.3 Å². The van der Waals surface area contributed by atoms with Gasteiger partial charge in [0, 0.05) is 12.5 Å². The van der Waals surface area contributed by atoms with E-state index in [9.17, 15) is 8.42 Å². The number of benzene rings is 1. The number of nitrogens with zero attached hydrogens (tertiary/aromatic N) is 3. The number of nitrogens with one attached hydrogen (secondary N) is 2. The Kier molecular flexibility index (Phi) is 6.06. The molecule has 8 heteroatoms. The number of unbranched alkanes of at least 4 members (excludes halogenated alkanes) is 1. The van der Waals surface area contributed by atoms with Crippen molar-refractivity contribution in [3.63, 3.8) is 0 Å². The Morgan fingerprint density at radius 2 is 2.00 bits per heavy atom. The Hall–Kier alpha value is -2.06. The van der Waals surface area contributed by atoms with Crippen molar-refractivity contribution < 1.29 is 8.42 Å². The molecule has 3 aliphatic carbocycles. The predicted octanol–water partition coefficient (Wildman–Crippen LogP) is 3.50. The molecule has 1 aromatic heterocycles. The number of aryl methyl sites for hydroxylation is 1. The van der Waals surface area contributed by atoms with Gasteiger partial charge in [0.1, 0.15) is 0 Å². The normalized spacial score (nSPS) is 27.8. The zero-order chi connectivity index (χ0) is 21.2. The fourth-order valence-corrected chi connectivity index (χ4v) is 6.60. The summed E-state index contributed by atoms with van der Waals surface area (Å²) < 4.78 is 29.1. The van der Waals surface area contributed by atoms with Gasteiger partial charge in [-0.05, 0) is 67.4 Å². The number of allylic oxidation sites excluding steroid dienone is 2. The molecule has 7 nitrogen and oxygen atoms in total. The number of hydrogen-bond donors (Lipinski definition) is 2. The number of sulfonamides is 1. The van der Waals surface area contributed by atoms with Crippen molar-refractivity contribution in [3.05, 3.63) is 48.3 Å². The van der Waals surface area contributed by atoms with E-state index in [0.717, 1.165) is 44.3 Å². The zero-order valence-electron chi connectivity index (χ0n) is 17.7. The first kappa shape index (κ1) is 21.2. The van der Waals surface area contributed by atoms with Crippen LogP contribution in [0.2, 0.25) is 0 Å². The molecule has 3 saturated carbocycles. The lowest BCUT2D eigenvalue weighted by Crippen LogP contribution is -2.63. The Morgan fingerprint density at radius 1 is 1.20 bits per heavy atom. The summed E-state index contributed by atoms with van der Waals surface area (Å²) >= 11 is 0. The molecule has 0 aliphatic heterocycles. The number of tetrazole rings is 1. The molecule has 1 aromatic carbocycles. The van der Waals surface area contributed by atoms with Crippen LogP contribution in [0.5, 0.6) is 0 Å². The van der Waals surface area contributed by atoms with Crippen molar-refractivity contribution in [2.45, 2.75) is 63.3 Å². The summed E-state index contributed by atoms with van der Waals surface area (Å²) in [5.74, 6) is 2.17. The van der Waals surface area contributed by atoms with E-state index in [1.807, 2.05) is 6.07 Å². The van der Waals surface area contributed by atoms with Gasteiger partial charge in [-0.3, -0.25) is 0 Å². The fourth-order valence-electron chi connectivity index (χ4n) is 5.23. The molecule has 2 N–H and O–H groups in total. The predicted molar refractivity (Wildman–Crippen MR) is 115 cm³/mol. The van der Waals surface area contributed by atoms with E-state index in [-0.39, 0.29) is 11.5 Å². The second-order valence-corrected chi connectivity index (χ2v) is 11.0. The Balaban J connectivity index is 1.38. The summed E-state index contributed by atoms with van der Waals surface area (Å²) in [5, 5.41) is 14.0. The molecular weight excluding hydrogens is 398 g/mol. The molecule has 162 valence electrons. The molecular formula is C22H31N5O2S. The van der Waals surface area contributed by atoms with Crippen LogP contribution < -0.4 is 4.72 Å². The fraction of sp³-hybridized carbons (Fsp3) is 0.591. The third-order valence-electron chi connectivity index (χ3n) is 7.19. The van der Waals surface area contributed by atoms with E-state index in [2.05, 4.69) is 51.3 Å². The van der Waals surface area contributed by atoms with Gasteiger partial charge in [0.2, 0.25) is 10.0 Å². The second kappa shape index (κ2) is 8.59. The highest BCUT2D eigenvalue weighted by atomic mass is 32.2. The van der Waals surface area contributed by atoms with Crippen LogP contribution in [0.3, 0.4) is 0 Å². The Labute approximate surface area is 178 Å². The quantitative estimate of drug-likeness (QED) is 0.469. The smallest absolute Gasteiger partial charge is 0.207 e. The standard InChI is InChI=1S/C22H31N5O2S/c1-22(2)17-14-16(10-6-3-4-9-13-20-23-26-27-24-20)21(19(22)15-17)25-30(28,29)18-11-7-5-8-12-18/h3,5-8,11-12,16-17,19,21,25H,4,9-10,13-15H2,1-2H3,(H,23,24,26,27)/b6-3-/t16-,17-,19+,21+/m0/s1. The second-order valence-electron chi connectivity index (χ2n) is 9.24.